The predicted octanol–water partition coefficient (Wildman–Crippen LogP) is 3.01. The summed E-state index contributed by atoms with van der Waals surface area (Å²) in [6.07, 6.45) is 0. The minimum Gasteiger partial charge on any atom is -0.495 e. The minimum absolute atomic E-state index is 0.0772. The molecule has 6 nitrogen and oxygen atoms in total. The standard InChI is InChI=1S/C18H21N3O3/c1-12-5-4-6-14(9-12)21-18(23)11-19-16-10-15(20-13(2)22)7-8-17(16)24-3/h4-10,19H,11H2,1-3H3,(H,20,22)(H,21,23). The summed E-state index contributed by atoms with van der Waals surface area (Å²) in [5.74, 6) is 0.253. The molecule has 0 bridgehead atoms. The largest absolute Gasteiger partial charge is 0.495 e. The van der Waals surface area contributed by atoms with Gasteiger partial charge in [-0.2, -0.15) is 0 Å². The van der Waals surface area contributed by atoms with Crippen molar-refractivity contribution < 1.29 is 14.3 Å². The molecule has 0 saturated carbocycles. The highest BCUT2D eigenvalue weighted by molar-refractivity contribution is 5.94. The molecular formula is C18H21N3O3. The summed E-state index contributed by atoms with van der Waals surface area (Å²) in [6, 6.07) is 12.8. The fourth-order valence-electron chi connectivity index (χ4n) is 2.23. The van der Waals surface area contributed by atoms with Gasteiger partial charge >= 0.3 is 0 Å². The van der Waals surface area contributed by atoms with Crippen LogP contribution >= 0.6 is 0 Å². The molecule has 0 aliphatic carbocycles. The summed E-state index contributed by atoms with van der Waals surface area (Å²) in [5, 5.41) is 8.54. The van der Waals surface area contributed by atoms with Gasteiger partial charge in [0.05, 0.1) is 19.3 Å². The van der Waals surface area contributed by atoms with Crippen molar-refractivity contribution in [2.24, 2.45) is 0 Å². The van der Waals surface area contributed by atoms with Crippen LogP contribution in [0.15, 0.2) is 42.5 Å². The molecule has 0 aliphatic rings. The number of ether oxygens (including phenoxy) is 1. The van der Waals surface area contributed by atoms with Crippen molar-refractivity contribution in [2.75, 3.05) is 29.6 Å². The number of rotatable bonds is 6. The van der Waals surface area contributed by atoms with E-state index in [0.29, 0.717) is 17.1 Å². The Labute approximate surface area is 141 Å². The zero-order valence-electron chi connectivity index (χ0n) is 14.0. The Hall–Kier alpha value is -3.02. The number of benzene rings is 2. The first-order valence-electron chi connectivity index (χ1n) is 7.54. The third-order valence-electron chi connectivity index (χ3n) is 3.26. The molecule has 0 saturated heterocycles. The van der Waals surface area contributed by atoms with E-state index in [-0.39, 0.29) is 18.4 Å². The Kier molecular flexibility index (Phi) is 5.78. The second-order valence-electron chi connectivity index (χ2n) is 5.37. The fraction of sp³-hybridized carbons (Fsp3) is 0.222. The summed E-state index contributed by atoms with van der Waals surface area (Å²) in [5.41, 5.74) is 3.08. The maximum atomic E-state index is 12.1. The number of carbonyl (C=O) groups is 2. The molecule has 0 heterocycles. The van der Waals surface area contributed by atoms with Crippen molar-refractivity contribution >= 4 is 28.9 Å². The zero-order valence-corrected chi connectivity index (χ0v) is 14.0. The Morgan fingerprint density at radius 2 is 1.79 bits per heavy atom. The molecule has 2 rings (SSSR count). The number of aryl methyl sites for hydroxylation is 1. The Morgan fingerprint density at radius 1 is 1.04 bits per heavy atom. The number of amides is 2. The number of carbonyl (C=O) groups excluding carboxylic acids is 2. The van der Waals surface area contributed by atoms with E-state index in [1.165, 1.54) is 6.92 Å². The molecule has 2 amide bonds. The molecule has 0 aromatic heterocycles. The monoisotopic (exact) mass is 327 g/mol. The lowest BCUT2D eigenvalue weighted by molar-refractivity contribution is -0.115. The molecule has 0 fully saturated rings. The topological polar surface area (TPSA) is 79.5 Å². The number of methoxy groups -OCH3 is 1. The van der Waals surface area contributed by atoms with Crippen molar-refractivity contribution in [3.8, 4) is 5.75 Å². The summed E-state index contributed by atoms with van der Waals surface area (Å²) in [6.45, 7) is 3.48. The zero-order chi connectivity index (χ0) is 17.5. The maximum Gasteiger partial charge on any atom is 0.243 e. The highest BCUT2D eigenvalue weighted by Gasteiger charge is 2.08. The van der Waals surface area contributed by atoms with E-state index in [2.05, 4.69) is 16.0 Å². The molecule has 0 radical (unpaired) electrons. The normalized spacial score (nSPS) is 9.96. The van der Waals surface area contributed by atoms with E-state index in [0.717, 1.165) is 11.3 Å². The molecule has 0 unspecified atom stereocenters. The van der Waals surface area contributed by atoms with Crippen LogP contribution in [-0.2, 0) is 9.59 Å². The summed E-state index contributed by atoms with van der Waals surface area (Å²) in [7, 11) is 1.55. The van der Waals surface area contributed by atoms with Gasteiger partial charge in [-0.05, 0) is 42.8 Å². The second-order valence-corrected chi connectivity index (χ2v) is 5.37. The van der Waals surface area contributed by atoms with Gasteiger partial charge in [-0.15, -0.1) is 0 Å². The van der Waals surface area contributed by atoms with Crippen molar-refractivity contribution in [3.05, 3.63) is 48.0 Å². The lowest BCUT2D eigenvalue weighted by atomic mass is 10.2. The highest BCUT2D eigenvalue weighted by atomic mass is 16.5. The highest BCUT2D eigenvalue weighted by Crippen LogP contribution is 2.27. The molecule has 2 aromatic carbocycles. The van der Waals surface area contributed by atoms with Gasteiger partial charge in [0.1, 0.15) is 5.75 Å². The van der Waals surface area contributed by atoms with E-state index in [1.54, 1.807) is 25.3 Å². The van der Waals surface area contributed by atoms with Crippen molar-refractivity contribution in [2.45, 2.75) is 13.8 Å². The fourth-order valence-corrected chi connectivity index (χ4v) is 2.23. The van der Waals surface area contributed by atoms with Crippen LogP contribution in [0, 0.1) is 6.92 Å². The van der Waals surface area contributed by atoms with Crippen molar-refractivity contribution in [1.29, 1.82) is 0 Å². The van der Waals surface area contributed by atoms with E-state index < -0.39 is 0 Å². The average Bonchev–Trinajstić information content (AvgIpc) is 2.52. The smallest absolute Gasteiger partial charge is 0.243 e. The number of anilines is 3. The molecule has 2 aromatic rings. The first kappa shape index (κ1) is 17.3. The second kappa shape index (κ2) is 8.01. The average molecular weight is 327 g/mol. The van der Waals surface area contributed by atoms with E-state index in [1.807, 2.05) is 31.2 Å². The number of hydrogen-bond acceptors (Lipinski definition) is 4. The lowest BCUT2D eigenvalue weighted by Crippen LogP contribution is -2.22. The van der Waals surface area contributed by atoms with Crippen LogP contribution in [0.2, 0.25) is 0 Å². The molecule has 0 spiro atoms. The van der Waals surface area contributed by atoms with Gasteiger partial charge in [-0.3, -0.25) is 9.59 Å². The van der Waals surface area contributed by atoms with Gasteiger partial charge in [-0.1, -0.05) is 12.1 Å². The predicted molar refractivity (Wildman–Crippen MR) is 95.6 cm³/mol. The Morgan fingerprint density at radius 3 is 2.46 bits per heavy atom. The van der Waals surface area contributed by atoms with Gasteiger partial charge in [0.25, 0.3) is 0 Å². The molecular weight excluding hydrogens is 306 g/mol. The summed E-state index contributed by atoms with van der Waals surface area (Å²) >= 11 is 0. The van der Waals surface area contributed by atoms with Gasteiger partial charge in [0, 0.05) is 18.3 Å². The summed E-state index contributed by atoms with van der Waals surface area (Å²) < 4.78 is 5.26. The van der Waals surface area contributed by atoms with Crippen LogP contribution < -0.4 is 20.7 Å². The number of nitrogens with one attached hydrogen (secondary N) is 3. The lowest BCUT2D eigenvalue weighted by Gasteiger charge is -2.13. The molecule has 6 heteroatoms. The third kappa shape index (κ3) is 5.01. The van der Waals surface area contributed by atoms with E-state index in [4.69, 9.17) is 4.74 Å². The van der Waals surface area contributed by atoms with Crippen LogP contribution in [0.25, 0.3) is 0 Å². The van der Waals surface area contributed by atoms with Crippen LogP contribution in [0.1, 0.15) is 12.5 Å². The van der Waals surface area contributed by atoms with E-state index >= 15 is 0 Å². The van der Waals surface area contributed by atoms with Gasteiger partial charge < -0.3 is 20.7 Å². The van der Waals surface area contributed by atoms with E-state index in [9.17, 15) is 9.59 Å². The van der Waals surface area contributed by atoms with Gasteiger partial charge in [-0.25, -0.2) is 0 Å². The summed E-state index contributed by atoms with van der Waals surface area (Å²) in [4.78, 5) is 23.2. The quantitative estimate of drug-likeness (QED) is 0.762. The molecule has 0 aliphatic heterocycles. The van der Waals surface area contributed by atoms with Crippen LogP contribution in [0.3, 0.4) is 0 Å². The van der Waals surface area contributed by atoms with Crippen LogP contribution in [0.5, 0.6) is 5.75 Å². The van der Waals surface area contributed by atoms with Gasteiger partial charge in [0.2, 0.25) is 11.8 Å². The first-order valence-corrected chi connectivity index (χ1v) is 7.54. The molecule has 24 heavy (non-hydrogen) atoms. The molecule has 0 atom stereocenters. The molecule has 126 valence electrons. The Balaban J connectivity index is 2.01. The Bertz CT molecular complexity index is 744. The van der Waals surface area contributed by atoms with Crippen molar-refractivity contribution in [3.63, 3.8) is 0 Å². The van der Waals surface area contributed by atoms with Crippen LogP contribution in [-0.4, -0.2) is 25.5 Å². The SMILES string of the molecule is COc1ccc(NC(C)=O)cc1NCC(=O)Nc1cccc(C)c1. The maximum absolute atomic E-state index is 12.1. The van der Waals surface area contributed by atoms with Gasteiger partial charge in [0.15, 0.2) is 0 Å². The first-order chi connectivity index (χ1) is 11.5. The number of hydrogen-bond donors (Lipinski definition) is 3. The van der Waals surface area contributed by atoms with Crippen LogP contribution in [0.4, 0.5) is 17.1 Å². The third-order valence-corrected chi connectivity index (χ3v) is 3.26. The minimum atomic E-state index is -0.174. The molecule has 3 N–H and O–H groups in total. The van der Waals surface area contributed by atoms with Crippen molar-refractivity contribution in [1.82, 2.24) is 0 Å².